The number of amides is 1. The molecule has 0 unspecified atom stereocenters. The second kappa shape index (κ2) is 18.2. The number of aromatic hydroxyl groups is 1. The molecule has 1 aromatic carbocycles. The number of aromatic nitrogens is 4. The number of pyridine rings is 2. The number of carbonyl (C=O) groups is 1. The van der Waals surface area contributed by atoms with Crippen LogP contribution in [0.25, 0.3) is 22.2 Å². The molecular formula is C31H39Cl2N6O4SSe. The molecule has 1 amide bonds. The number of benzene rings is 1. The maximum atomic E-state index is 12.9. The zero-order valence-electron chi connectivity index (χ0n) is 26.1. The molecule has 0 atom stereocenters. The molecule has 243 valence electrons. The van der Waals surface area contributed by atoms with Crippen molar-refractivity contribution in [1.82, 2.24) is 24.8 Å². The van der Waals surface area contributed by atoms with Crippen LogP contribution in [0.1, 0.15) is 60.3 Å². The molecule has 10 nitrogen and oxygen atoms in total. The van der Waals surface area contributed by atoms with Crippen LogP contribution >= 0.6 is 34.2 Å². The Morgan fingerprint density at radius 3 is 2.24 bits per heavy atom. The summed E-state index contributed by atoms with van der Waals surface area (Å²) in [5.41, 5.74) is 0.616. The van der Waals surface area contributed by atoms with Crippen LogP contribution in [0.5, 0.6) is 5.75 Å². The van der Waals surface area contributed by atoms with E-state index in [0.717, 1.165) is 12.8 Å². The average Bonchev–Trinajstić information content (AvgIpc) is 3.51. The molecule has 14 heteroatoms. The van der Waals surface area contributed by atoms with Gasteiger partial charge in [0.2, 0.25) is 5.95 Å². The zero-order valence-corrected chi connectivity index (χ0v) is 30.2. The van der Waals surface area contributed by atoms with Gasteiger partial charge in [-0.05, 0) is 63.9 Å². The van der Waals surface area contributed by atoms with Crippen molar-refractivity contribution in [2.45, 2.75) is 71.9 Å². The molecule has 3 heterocycles. The Morgan fingerprint density at radius 2 is 1.69 bits per heavy atom. The Labute approximate surface area is 286 Å². The fourth-order valence-electron chi connectivity index (χ4n) is 4.36. The SMILES string of the molecule is CC.CC(C)(C)OC(=O)NC1CCCC1.Cn1c(=O)c(-c2c(Cl)cccc2Cl)cc2cnc(Nc3ccc(O)cn3)nc21.S[Se]. The molecular weight excluding hydrogens is 702 g/mol. The van der Waals surface area contributed by atoms with E-state index in [9.17, 15) is 14.7 Å². The summed E-state index contributed by atoms with van der Waals surface area (Å²) in [6, 6.07) is 10.2. The Kier molecular flexibility index (Phi) is 15.4. The number of halogens is 2. The van der Waals surface area contributed by atoms with Crippen LogP contribution < -0.4 is 16.2 Å². The summed E-state index contributed by atoms with van der Waals surface area (Å²) < 4.78 is 6.57. The topological polar surface area (TPSA) is 131 Å². The van der Waals surface area contributed by atoms with Crippen LogP contribution in [0.3, 0.4) is 0 Å². The van der Waals surface area contributed by atoms with E-state index >= 15 is 0 Å². The molecule has 1 aliphatic rings. The van der Waals surface area contributed by atoms with Crippen molar-refractivity contribution in [3.05, 3.63) is 69.2 Å². The van der Waals surface area contributed by atoms with Gasteiger partial charge in [-0.1, -0.05) is 56.0 Å². The number of alkyl carbamates (subject to hydrolysis) is 1. The van der Waals surface area contributed by atoms with Gasteiger partial charge in [0, 0.05) is 30.2 Å². The molecule has 0 bridgehead atoms. The summed E-state index contributed by atoms with van der Waals surface area (Å²) >= 11 is 18.3. The van der Waals surface area contributed by atoms with E-state index in [-0.39, 0.29) is 29.0 Å². The summed E-state index contributed by atoms with van der Waals surface area (Å²) in [4.78, 5) is 36.9. The first kappa shape index (κ1) is 38.2. The van der Waals surface area contributed by atoms with E-state index in [2.05, 4.69) is 51.5 Å². The number of anilines is 2. The van der Waals surface area contributed by atoms with Gasteiger partial charge >= 0.3 is 32.0 Å². The average molecular weight is 742 g/mol. The molecule has 1 aliphatic carbocycles. The van der Waals surface area contributed by atoms with Crippen molar-refractivity contribution in [2.75, 3.05) is 5.32 Å². The van der Waals surface area contributed by atoms with Gasteiger partial charge in [-0.3, -0.25) is 9.36 Å². The van der Waals surface area contributed by atoms with E-state index in [4.69, 9.17) is 27.9 Å². The minimum atomic E-state index is -0.386. The summed E-state index contributed by atoms with van der Waals surface area (Å²) in [7, 11) is 1.62. The number of nitrogens with one attached hydrogen (secondary N) is 2. The Morgan fingerprint density at radius 1 is 1.07 bits per heavy atom. The number of carbonyl (C=O) groups excluding carboxylic acids is 1. The Bertz CT molecular complexity index is 1590. The van der Waals surface area contributed by atoms with Crippen molar-refractivity contribution in [3.63, 3.8) is 0 Å². The van der Waals surface area contributed by atoms with Crippen molar-refractivity contribution in [3.8, 4) is 16.9 Å². The number of rotatable bonds is 4. The maximum absolute atomic E-state index is 12.9. The van der Waals surface area contributed by atoms with E-state index in [1.807, 2.05) is 34.6 Å². The first-order valence-electron chi connectivity index (χ1n) is 14.3. The zero-order chi connectivity index (χ0) is 33.7. The number of thiol groups is 1. The van der Waals surface area contributed by atoms with Gasteiger partial charge in [0.15, 0.2) is 0 Å². The fraction of sp³-hybridized carbons (Fsp3) is 0.387. The molecule has 3 aromatic heterocycles. The molecule has 0 aliphatic heterocycles. The molecule has 1 radical (unpaired) electrons. The molecule has 0 spiro atoms. The standard InChI is InChI=1S/C19H13Cl2N5O2.C10H19NO2.C2H6.HSSe/c1-26-17-10(7-12(18(26)28)16-13(20)3-2-4-14(16)21)8-23-19(25-17)24-15-6-5-11(27)9-22-15;1-10(2,3)13-9(12)11-8-6-4-5-7-8;2*1-2/h2-9,27H,1H3,(H,22,23,24,25);8H,4-7H2,1-3H3,(H,11,12);1-2H3;1H. The van der Waals surface area contributed by atoms with E-state index in [0.29, 0.717) is 44.1 Å². The van der Waals surface area contributed by atoms with Gasteiger partial charge in [0.1, 0.15) is 22.8 Å². The van der Waals surface area contributed by atoms with Gasteiger partial charge < -0.3 is 20.5 Å². The van der Waals surface area contributed by atoms with Crippen molar-refractivity contribution >= 4 is 78.0 Å². The van der Waals surface area contributed by atoms with Crippen LogP contribution in [0.4, 0.5) is 16.6 Å². The molecule has 4 aromatic rings. The number of hydrogen-bond donors (Lipinski definition) is 4. The predicted molar refractivity (Wildman–Crippen MR) is 187 cm³/mol. The second-order valence-corrected chi connectivity index (χ2v) is 11.5. The van der Waals surface area contributed by atoms with E-state index in [1.165, 1.54) is 29.7 Å². The number of ether oxygens (including phenoxy) is 1. The monoisotopic (exact) mass is 741 g/mol. The summed E-state index contributed by atoms with van der Waals surface area (Å²) in [6.45, 7) is 9.63. The number of hydrogen-bond acceptors (Lipinski definition) is 9. The third-order valence-corrected chi connectivity index (χ3v) is 6.87. The van der Waals surface area contributed by atoms with E-state index in [1.54, 1.807) is 43.6 Å². The van der Waals surface area contributed by atoms with Crippen LogP contribution in [0, 0.1) is 0 Å². The van der Waals surface area contributed by atoms with Crippen LogP contribution in [0.2, 0.25) is 10.0 Å². The molecule has 1 saturated carbocycles. The fourth-order valence-corrected chi connectivity index (χ4v) is 4.96. The molecule has 1 fully saturated rings. The van der Waals surface area contributed by atoms with Crippen molar-refractivity contribution in [1.29, 1.82) is 0 Å². The summed E-state index contributed by atoms with van der Waals surface area (Å²) in [6.07, 6.45) is 7.26. The minimum absolute atomic E-state index is 0.0538. The van der Waals surface area contributed by atoms with Crippen molar-refractivity contribution < 1.29 is 14.6 Å². The van der Waals surface area contributed by atoms with Gasteiger partial charge in [0.05, 0.1) is 21.8 Å². The quantitative estimate of drug-likeness (QED) is 0.124. The predicted octanol–water partition coefficient (Wildman–Crippen LogP) is 7.63. The normalized spacial score (nSPS) is 12.5. The Hall–Kier alpha value is -3.02. The van der Waals surface area contributed by atoms with Gasteiger partial charge in [-0.15, -0.1) is 0 Å². The van der Waals surface area contributed by atoms with Gasteiger partial charge in [-0.2, -0.15) is 4.98 Å². The number of fused-ring (bicyclic) bond motifs is 1. The third kappa shape index (κ3) is 11.4. The van der Waals surface area contributed by atoms with Crippen LogP contribution in [-0.2, 0) is 11.8 Å². The first-order valence-corrected chi connectivity index (χ1v) is 17.7. The first-order chi connectivity index (χ1) is 21.4. The summed E-state index contributed by atoms with van der Waals surface area (Å²) in [5, 5.41) is 16.5. The Balaban J connectivity index is 0.000000349. The van der Waals surface area contributed by atoms with Crippen LogP contribution in [-0.4, -0.2) is 57.3 Å². The second-order valence-electron chi connectivity index (χ2n) is 10.6. The van der Waals surface area contributed by atoms with Crippen molar-refractivity contribution in [2.24, 2.45) is 7.05 Å². The number of aryl methyl sites for hydroxylation is 1. The third-order valence-electron chi connectivity index (χ3n) is 6.24. The summed E-state index contributed by atoms with van der Waals surface area (Å²) in [5.74, 6) is 0.781. The molecule has 5 rings (SSSR count). The van der Waals surface area contributed by atoms with Gasteiger partial charge in [0.25, 0.3) is 5.56 Å². The number of nitrogens with zero attached hydrogens (tertiary/aromatic N) is 4. The molecule has 45 heavy (non-hydrogen) atoms. The molecule has 3 N–H and O–H groups in total. The van der Waals surface area contributed by atoms with E-state index < -0.39 is 0 Å². The van der Waals surface area contributed by atoms with Crippen LogP contribution in [0.15, 0.2) is 53.6 Å². The van der Waals surface area contributed by atoms with Gasteiger partial charge in [-0.25, -0.2) is 14.8 Å². The molecule has 0 saturated heterocycles.